The molecule has 0 bridgehead atoms. The first-order chi connectivity index (χ1) is 13.4. The van der Waals surface area contributed by atoms with E-state index in [0.29, 0.717) is 5.56 Å². The molecule has 3 rings (SSSR count). The van der Waals surface area contributed by atoms with Gasteiger partial charge in [-0.1, -0.05) is 41.9 Å². The number of carbonyl (C=O) groups is 1. The van der Waals surface area contributed by atoms with Gasteiger partial charge in [-0.25, -0.2) is 4.39 Å². The van der Waals surface area contributed by atoms with E-state index in [0.717, 1.165) is 12.1 Å². The lowest BCUT2D eigenvalue weighted by Gasteiger charge is -2.26. The van der Waals surface area contributed by atoms with E-state index in [1.807, 2.05) is 0 Å². The Morgan fingerprint density at radius 3 is 2.41 bits per heavy atom. The third-order valence-corrected chi connectivity index (χ3v) is 7.11. The summed E-state index contributed by atoms with van der Waals surface area (Å²) < 4.78 is 48.7. The summed E-state index contributed by atoms with van der Waals surface area (Å²) in [5.41, 5.74) is 4.41. The Kier molecular flexibility index (Phi) is 5.25. The van der Waals surface area contributed by atoms with Gasteiger partial charge in [-0.05, 0) is 23.8 Å². The quantitative estimate of drug-likeness (QED) is 0.501. The van der Waals surface area contributed by atoms with Crippen molar-refractivity contribution in [3.63, 3.8) is 0 Å². The zero-order chi connectivity index (χ0) is 21.6. The molecule has 1 heterocycles. The first kappa shape index (κ1) is 21.3. The van der Waals surface area contributed by atoms with Crippen LogP contribution in [0, 0.1) is 5.82 Å². The summed E-state index contributed by atoms with van der Waals surface area (Å²) in [7, 11) is -0.161. The second-order valence-corrected chi connectivity index (χ2v) is 9.70. The van der Waals surface area contributed by atoms with Gasteiger partial charge in [0.05, 0.1) is 4.55 Å². The van der Waals surface area contributed by atoms with Crippen LogP contribution >= 0.6 is 11.6 Å². The van der Waals surface area contributed by atoms with E-state index in [1.54, 1.807) is 30.3 Å². The van der Waals surface area contributed by atoms with E-state index >= 15 is 0 Å². The van der Waals surface area contributed by atoms with Crippen LogP contribution in [0.3, 0.4) is 0 Å². The van der Waals surface area contributed by atoms with E-state index in [9.17, 15) is 17.6 Å². The van der Waals surface area contributed by atoms with Gasteiger partial charge in [-0.2, -0.15) is 8.42 Å². The summed E-state index contributed by atoms with van der Waals surface area (Å²) in [6, 6.07) is 11.8. The van der Waals surface area contributed by atoms with E-state index in [2.05, 4.69) is 0 Å². The summed E-state index contributed by atoms with van der Waals surface area (Å²) in [4.78, 5) is 13.0. The zero-order valence-electron chi connectivity index (χ0n) is 15.9. The van der Waals surface area contributed by atoms with Crippen molar-refractivity contribution in [2.45, 2.75) is 10.0 Å². The SMILES string of the molecule is BC(B)(c1ccccc1)S(=O)(=O)OC1=C(N)O[C@@](B)(c2cc(F)ccc2Cl)C1=O. The minimum Gasteiger partial charge on any atom is -0.467 e. The lowest BCUT2D eigenvalue weighted by Crippen LogP contribution is -2.40. The van der Waals surface area contributed by atoms with E-state index in [4.69, 9.17) is 26.3 Å². The highest BCUT2D eigenvalue weighted by molar-refractivity contribution is 7.90. The standard InChI is InChI=1S/C17H16B3ClFNO5S/c18-16(11-8-10(22)6-7-12(11)21)14(24)13(15(23)27-16)28-29(25,26)17(19,20)9-4-2-1-3-5-9/h1-8H,18-20,23H2/t16-/m0/s1. The molecule has 29 heavy (non-hydrogen) atoms. The fourth-order valence-corrected chi connectivity index (χ4v) is 4.27. The van der Waals surface area contributed by atoms with Gasteiger partial charge in [0.2, 0.25) is 17.4 Å². The maximum Gasteiger partial charge on any atom is 0.304 e. The maximum atomic E-state index is 13.7. The third kappa shape index (κ3) is 3.53. The van der Waals surface area contributed by atoms with Crippen LogP contribution in [0.15, 0.2) is 60.2 Å². The number of ether oxygens (including phenoxy) is 1. The van der Waals surface area contributed by atoms with E-state index in [-0.39, 0.29) is 10.6 Å². The molecule has 2 N–H and O–H groups in total. The molecule has 1 aliphatic rings. The molecule has 0 radical (unpaired) electrons. The number of benzene rings is 2. The molecule has 0 unspecified atom stereocenters. The molecule has 148 valence electrons. The fraction of sp³-hybridized carbons (Fsp3) is 0.118. The Balaban J connectivity index is 1.97. The van der Waals surface area contributed by atoms with E-state index in [1.165, 1.54) is 29.6 Å². The van der Waals surface area contributed by atoms with Crippen LogP contribution in [0.1, 0.15) is 11.1 Å². The number of hydrogen-bond acceptors (Lipinski definition) is 6. The van der Waals surface area contributed by atoms with Crippen molar-refractivity contribution < 1.29 is 26.5 Å². The van der Waals surface area contributed by atoms with Gasteiger partial charge in [0.25, 0.3) is 0 Å². The van der Waals surface area contributed by atoms with Crippen LogP contribution in [-0.4, -0.2) is 37.7 Å². The number of hydrogen-bond donors (Lipinski definition) is 1. The van der Waals surface area contributed by atoms with Crippen molar-refractivity contribution >= 4 is 51.0 Å². The molecular formula is C17H16B3ClFNO5S. The number of Topliss-reactive ketones (excluding diaryl/α,β-unsaturated/α-hetero) is 1. The van der Waals surface area contributed by atoms with Crippen molar-refractivity contribution in [2.75, 3.05) is 0 Å². The molecule has 0 saturated carbocycles. The molecule has 2 aromatic rings. The normalized spacial score (nSPS) is 19.9. The Hall–Kier alpha value is -2.39. The molecule has 2 aromatic carbocycles. The van der Waals surface area contributed by atoms with Crippen molar-refractivity contribution in [1.29, 1.82) is 0 Å². The largest absolute Gasteiger partial charge is 0.467 e. The summed E-state index contributed by atoms with van der Waals surface area (Å²) in [5.74, 6) is -2.72. The molecule has 0 aliphatic carbocycles. The van der Waals surface area contributed by atoms with Gasteiger partial charge in [0.15, 0.2) is 13.3 Å². The molecule has 0 spiro atoms. The smallest absolute Gasteiger partial charge is 0.304 e. The average Bonchev–Trinajstić information content (AvgIpc) is 2.88. The van der Waals surface area contributed by atoms with Crippen molar-refractivity contribution in [1.82, 2.24) is 0 Å². The van der Waals surface area contributed by atoms with Gasteiger partial charge in [-0.15, -0.1) is 0 Å². The van der Waals surface area contributed by atoms with Gasteiger partial charge < -0.3 is 14.7 Å². The van der Waals surface area contributed by atoms with Crippen molar-refractivity contribution in [2.24, 2.45) is 5.73 Å². The highest BCUT2D eigenvalue weighted by Crippen LogP contribution is 2.40. The van der Waals surface area contributed by atoms with Crippen LogP contribution in [0.5, 0.6) is 0 Å². The number of ketones is 1. The molecule has 0 amide bonds. The van der Waals surface area contributed by atoms with Gasteiger partial charge >= 0.3 is 10.1 Å². The first-order valence-corrected chi connectivity index (χ1v) is 10.4. The monoisotopic (exact) mass is 433 g/mol. The minimum atomic E-state index is -4.36. The molecule has 0 aromatic heterocycles. The fourth-order valence-electron chi connectivity index (χ4n) is 2.96. The molecule has 1 aliphatic heterocycles. The predicted molar refractivity (Wildman–Crippen MR) is 114 cm³/mol. The van der Waals surface area contributed by atoms with Crippen LogP contribution in [0.25, 0.3) is 0 Å². The molecule has 12 heteroatoms. The molecule has 0 saturated heterocycles. The molecule has 1 atom stereocenters. The van der Waals surface area contributed by atoms with Crippen molar-refractivity contribution in [3.8, 4) is 0 Å². The third-order valence-electron chi connectivity index (χ3n) is 4.91. The zero-order valence-corrected chi connectivity index (χ0v) is 17.5. The lowest BCUT2D eigenvalue weighted by molar-refractivity contribution is -0.126. The average molecular weight is 433 g/mol. The van der Waals surface area contributed by atoms with Gasteiger partial charge in [0, 0.05) is 10.6 Å². The molecule has 0 fully saturated rings. The summed E-state index contributed by atoms with van der Waals surface area (Å²) in [6.07, 6.45) is 0. The summed E-state index contributed by atoms with van der Waals surface area (Å²) in [6.45, 7) is 0. The second-order valence-electron chi connectivity index (χ2n) is 7.20. The number of nitrogens with two attached hydrogens (primary N) is 1. The minimum absolute atomic E-state index is 0.00503. The second kappa shape index (κ2) is 7.14. The Bertz CT molecular complexity index is 1130. The predicted octanol–water partition coefficient (Wildman–Crippen LogP) is -0.585. The Morgan fingerprint density at radius 1 is 1.17 bits per heavy atom. The lowest BCUT2D eigenvalue weighted by atomic mass is 9.65. The van der Waals surface area contributed by atoms with Crippen LogP contribution in [0.2, 0.25) is 5.02 Å². The highest BCUT2D eigenvalue weighted by atomic mass is 35.5. The summed E-state index contributed by atoms with van der Waals surface area (Å²) in [5, 5.41) is 0.0590. The number of halogens is 2. The van der Waals surface area contributed by atoms with Gasteiger partial charge in [-0.3, -0.25) is 4.79 Å². The van der Waals surface area contributed by atoms with Crippen LogP contribution in [-0.2, 0) is 33.9 Å². The highest BCUT2D eigenvalue weighted by Gasteiger charge is 2.51. The Morgan fingerprint density at radius 2 is 1.79 bits per heavy atom. The van der Waals surface area contributed by atoms with Crippen molar-refractivity contribution in [3.05, 3.63) is 82.1 Å². The molecular weight excluding hydrogens is 417 g/mol. The van der Waals surface area contributed by atoms with Crippen LogP contribution < -0.4 is 5.73 Å². The number of rotatable bonds is 5. The first-order valence-electron chi connectivity index (χ1n) is 8.59. The van der Waals surface area contributed by atoms with E-state index < -0.39 is 43.4 Å². The maximum absolute atomic E-state index is 13.7. The number of carbonyl (C=O) groups excluding carboxylic acids is 1. The van der Waals surface area contributed by atoms with Crippen LogP contribution in [0.4, 0.5) is 4.39 Å². The Labute approximate surface area is 175 Å². The molecule has 6 nitrogen and oxygen atoms in total. The summed E-state index contributed by atoms with van der Waals surface area (Å²) >= 11 is 6.10. The van der Waals surface area contributed by atoms with Gasteiger partial charge in [0.1, 0.15) is 21.5 Å². The topological polar surface area (TPSA) is 95.7 Å².